The predicted molar refractivity (Wildman–Crippen MR) is 124 cm³/mol. The van der Waals surface area contributed by atoms with Crippen molar-refractivity contribution in [2.45, 2.75) is 25.5 Å². The first-order valence-corrected chi connectivity index (χ1v) is 10.0. The SMILES string of the molecule is CN=C(NCc1cccc(-n2cncn2)c1)N1CCN(C(=O)C2CCCO2)CC1.I. The molecule has 1 aromatic carbocycles. The highest BCUT2D eigenvalue weighted by Gasteiger charge is 2.30. The first-order valence-electron chi connectivity index (χ1n) is 10.0. The molecule has 30 heavy (non-hydrogen) atoms. The van der Waals surface area contributed by atoms with E-state index in [-0.39, 0.29) is 36.0 Å². The van der Waals surface area contributed by atoms with Gasteiger partial charge in [-0.3, -0.25) is 9.79 Å². The van der Waals surface area contributed by atoms with Crippen LogP contribution in [0.3, 0.4) is 0 Å². The van der Waals surface area contributed by atoms with Crippen molar-refractivity contribution in [3.63, 3.8) is 0 Å². The summed E-state index contributed by atoms with van der Waals surface area (Å²) in [5, 5.41) is 7.60. The summed E-state index contributed by atoms with van der Waals surface area (Å²) in [4.78, 5) is 25.0. The summed E-state index contributed by atoms with van der Waals surface area (Å²) in [6.07, 6.45) is 4.79. The Morgan fingerprint density at radius 3 is 2.73 bits per heavy atom. The number of nitrogens with zero attached hydrogens (tertiary/aromatic N) is 6. The number of aromatic nitrogens is 3. The van der Waals surface area contributed by atoms with E-state index < -0.39 is 0 Å². The van der Waals surface area contributed by atoms with Crippen molar-refractivity contribution in [3.8, 4) is 5.69 Å². The van der Waals surface area contributed by atoms with Crippen molar-refractivity contribution in [3.05, 3.63) is 42.5 Å². The van der Waals surface area contributed by atoms with Gasteiger partial charge in [-0.1, -0.05) is 12.1 Å². The van der Waals surface area contributed by atoms with Crippen LogP contribution in [0.1, 0.15) is 18.4 Å². The molecule has 2 saturated heterocycles. The molecule has 0 saturated carbocycles. The van der Waals surface area contributed by atoms with Gasteiger partial charge in [0.1, 0.15) is 18.8 Å². The molecule has 1 amide bonds. The third-order valence-electron chi connectivity index (χ3n) is 5.35. The van der Waals surface area contributed by atoms with Crippen LogP contribution in [0.25, 0.3) is 5.69 Å². The molecule has 2 fully saturated rings. The second kappa shape index (κ2) is 10.7. The van der Waals surface area contributed by atoms with Gasteiger partial charge in [-0.2, -0.15) is 5.10 Å². The van der Waals surface area contributed by atoms with Crippen LogP contribution in [-0.2, 0) is 16.1 Å². The minimum Gasteiger partial charge on any atom is -0.368 e. The number of carbonyl (C=O) groups excluding carboxylic acids is 1. The average Bonchev–Trinajstić information content (AvgIpc) is 3.49. The normalized spacial score (nSPS) is 19.5. The van der Waals surface area contributed by atoms with E-state index in [1.165, 1.54) is 6.33 Å². The maximum absolute atomic E-state index is 12.5. The van der Waals surface area contributed by atoms with Crippen LogP contribution in [0.5, 0.6) is 0 Å². The van der Waals surface area contributed by atoms with Crippen molar-refractivity contribution >= 4 is 35.8 Å². The molecule has 3 heterocycles. The number of hydrogen-bond donors (Lipinski definition) is 1. The Bertz CT molecular complexity index is 845. The highest BCUT2D eigenvalue weighted by atomic mass is 127. The number of rotatable bonds is 4. The molecular weight excluding hydrogens is 497 g/mol. The second-order valence-electron chi connectivity index (χ2n) is 7.22. The summed E-state index contributed by atoms with van der Waals surface area (Å²) >= 11 is 0. The molecule has 10 heteroatoms. The molecular formula is C20H28IN7O2. The standard InChI is InChI=1S/C20H27N7O2.HI/c1-21-20(23-13-16-4-2-5-17(12-16)27-15-22-14-24-27)26-9-7-25(8-10-26)19(28)18-6-3-11-29-18;/h2,4-5,12,14-15,18H,3,6-11,13H2,1H3,(H,21,23);1H. The number of halogens is 1. The van der Waals surface area contributed by atoms with E-state index in [0.717, 1.165) is 43.1 Å². The van der Waals surface area contributed by atoms with Crippen LogP contribution < -0.4 is 5.32 Å². The molecule has 162 valence electrons. The van der Waals surface area contributed by atoms with Gasteiger partial charge in [0.15, 0.2) is 5.96 Å². The van der Waals surface area contributed by atoms with E-state index in [0.29, 0.717) is 26.2 Å². The molecule has 4 rings (SSSR count). The summed E-state index contributed by atoms with van der Waals surface area (Å²) in [5.74, 6) is 0.982. The first-order chi connectivity index (χ1) is 14.2. The van der Waals surface area contributed by atoms with Gasteiger partial charge in [-0.25, -0.2) is 9.67 Å². The van der Waals surface area contributed by atoms with Crippen LogP contribution in [0.2, 0.25) is 0 Å². The van der Waals surface area contributed by atoms with Crippen molar-refractivity contribution in [2.24, 2.45) is 4.99 Å². The molecule has 1 atom stereocenters. The highest BCUT2D eigenvalue weighted by Crippen LogP contribution is 2.16. The van der Waals surface area contributed by atoms with Crippen molar-refractivity contribution < 1.29 is 9.53 Å². The van der Waals surface area contributed by atoms with Gasteiger partial charge in [0, 0.05) is 46.4 Å². The van der Waals surface area contributed by atoms with Crippen molar-refractivity contribution in [1.82, 2.24) is 29.9 Å². The Morgan fingerprint density at radius 2 is 2.07 bits per heavy atom. The lowest BCUT2D eigenvalue weighted by Crippen LogP contribution is -2.55. The van der Waals surface area contributed by atoms with E-state index in [1.807, 2.05) is 17.0 Å². The highest BCUT2D eigenvalue weighted by molar-refractivity contribution is 14.0. The summed E-state index contributed by atoms with van der Waals surface area (Å²) in [5.41, 5.74) is 2.10. The average molecular weight is 525 g/mol. The fraction of sp³-hybridized carbons (Fsp3) is 0.500. The summed E-state index contributed by atoms with van der Waals surface area (Å²) < 4.78 is 7.28. The van der Waals surface area contributed by atoms with Crippen LogP contribution in [-0.4, -0.2) is 82.4 Å². The fourth-order valence-corrected chi connectivity index (χ4v) is 3.78. The minimum absolute atomic E-state index is 0. The summed E-state index contributed by atoms with van der Waals surface area (Å²) in [6, 6.07) is 8.15. The topological polar surface area (TPSA) is 87.9 Å². The Morgan fingerprint density at radius 1 is 1.27 bits per heavy atom. The lowest BCUT2D eigenvalue weighted by molar-refractivity contribution is -0.142. The zero-order valence-corrected chi connectivity index (χ0v) is 19.4. The lowest BCUT2D eigenvalue weighted by Gasteiger charge is -2.37. The number of nitrogens with one attached hydrogen (secondary N) is 1. The molecule has 0 spiro atoms. The zero-order valence-electron chi connectivity index (χ0n) is 17.1. The summed E-state index contributed by atoms with van der Waals surface area (Å²) in [7, 11) is 1.79. The van der Waals surface area contributed by atoms with Gasteiger partial charge in [-0.05, 0) is 30.5 Å². The van der Waals surface area contributed by atoms with E-state index in [9.17, 15) is 4.79 Å². The maximum atomic E-state index is 12.5. The van der Waals surface area contributed by atoms with Crippen molar-refractivity contribution in [2.75, 3.05) is 39.8 Å². The Balaban J connectivity index is 0.00000256. The second-order valence-corrected chi connectivity index (χ2v) is 7.22. The largest absolute Gasteiger partial charge is 0.368 e. The third kappa shape index (κ3) is 5.28. The first kappa shape index (κ1) is 22.5. The van der Waals surface area contributed by atoms with Gasteiger partial charge in [0.25, 0.3) is 5.91 Å². The van der Waals surface area contributed by atoms with E-state index in [4.69, 9.17) is 4.74 Å². The Kier molecular flexibility index (Phi) is 8.02. The number of hydrogen-bond acceptors (Lipinski definition) is 5. The monoisotopic (exact) mass is 525 g/mol. The quantitative estimate of drug-likeness (QED) is 0.368. The molecule has 2 aliphatic rings. The van der Waals surface area contributed by atoms with E-state index >= 15 is 0 Å². The lowest BCUT2D eigenvalue weighted by atomic mass is 10.2. The van der Waals surface area contributed by atoms with E-state index in [1.54, 1.807) is 18.1 Å². The molecule has 0 aliphatic carbocycles. The number of guanidine groups is 1. The third-order valence-corrected chi connectivity index (χ3v) is 5.35. The zero-order chi connectivity index (χ0) is 20.1. The Hall–Kier alpha value is -2.21. The molecule has 2 aromatic rings. The molecule has 0 radical (unpaired) electrons. The van der Waals surface area contributed by atoms with Crippen LogP contribution in [0.15, 0.2) is 41.9 Å². The van der Waals surface area contributed by atoms with Gasteiger partial charge in [-0.15, -0.1) is 24.0 Å². The summed E-state index contributed by atoms with van der Waals surface area (Å²) in [6.45, 7) is 4.27. The van der Waals surface area contributed by atoms with Crippen LogP contribution in [0.4, 0.5) is 0 Å². The number of piperazine rings is 1. The van der Waals surface area contributed by atoms with Crippen LogP contribution >= 0.6 is 24.0 Å². The van der Waals surface area contributed by atoms with Gasteiger partial charge in [0.05, 0.1) is 5.69 Å². The van der Waals surface area contributed by atoms with E-state index in [2.05, 4.69) is 37.4 Å². The smallest absolute Gasteiger partial charge is 0.251 e. The van der Waals surface area contributed by atoms with Gasteiger partial charge in [0.2, 0.25) is 0 Å². The molecule has 1 aromatic heterocycles. The molecule has 2 aliphatic heterocycles. The number of amides is 1. The maximum Gasteiger partial charge on any atom is 0.251 e. The number of carbonyl (C=O) groups is 1. The number of benzene rings is 1. The minimum atomic E-state index is -0.240. The molecule has 1 unspecified atom stereocenters. The fourth-order valence-electron chi connectivity index (χ4n) is 3.78. The molecule has 9 nitrogen and oxygen atoms in total. The van der Waals surface area contributed by atoms with Gasteiger partial charge >= 0.3 is 0 Å². The molecule has 1 N–H and O–H groups in total. The number of aliphatic imine (C=N–C) groups is 1. The predicted octanol–water partition coefficient (Wildman–Crippen LogP) is 1.28. The number of ether oxygens (including phenoxy) is 1. The molecule has 0 bridgehead atoms. The van der Waals surface area contributed by atoms with Gasteiger partial charge < -0.3 is 19.9 Å². The van der Waals surface area contributed by atoms with Crippen molar-refractivity contribution in [1.29, 1.82) is 0 Å². The Labute approximate surface area is 193 Å². The van der Waals surface area contributed by atoms with Crippen LogP contribution in [0, 0.1) is 0 Å².